The molecule has 0 bridgehead atoms. The minimum Gasteiger partial charge on any atom is -0.303 e. The van der Waals surface area contributed by atoms with E-state index in [0.29, 0.717) is 0 Å². The number of rotatable bonds is 1. The summed E-state index contributed by atoms with van der Waals surface area (Å²) >= 11 is 0. The van der Waals surface area contributed by atoms with Crippen molar-refractivity contribution < 1.29 is 8.76 Å². The molecule has 54 valence electrons. The first-order chi connectivity index (χ1) is 4.30. The highest BCUT2D eigenvalue weighted by atomic mass is 32.8. The molecule has 0 radical (unpaired) electrons. The van der Waals surface area contributed by atoms with Gasteiger partial charge in [0.05, 0.1) is 0 Å². The largest absolute Gasteiger partial charge is 0.303 e. The first-order valence-electron chi connectivity index (χ1n) is 3.16. The molecule has 0 aromatic heterocycles. The summed E-state index contributed by atoms with van der Waals surface area (Å²) in [7, 11) is -1.99. The quantitative estimate of drug-likeness (QED) is 0.476. The van der Waals surface area contributed by atoms with E-state index in [0.717, 1.165) is 25.2 Å². The van der Waals surface area contributed by atoms with Gasteiger partial charge in [-0.1, -0.05) is 6.42 Å². The Bertz CT molecular complexity index is 112. The molecule has 1 heterocycles. The Morgan fingerprint density at radius 2 is 1.78 bits per heavy atom. The summed E-state index contributed by atoms with van der Waals surface area (Å²) in [6, 6.07) is 0. The predicted molar refractivity (Wildman–Crippen MR) is 41.3 cm³/mol. The zero-order valence-electron chi connectivity index (χ0n) is 5.25. The second-order valence-electron chi connectivity index (χ2n) is 2.22. The van der Waals surface area contributed by atoms with Crippen LogP contribution in [0.25, 0.3) is 0 Å². The molecule has 1 aliphatic heterocycles. The zero-order chi connectivity index (χ0) is 6.69. The van der Waals surface area contributed by atoms with Crippen molar-refractivity contribution in [2.45, 2.75) is 19.3 Å². The lowest BCUT2D eigenvalue weighted by molar-refractivity contribution is 0.579. The molecule has 4 heteroatoms. The normalized spacial score (nSPS) is 25.9. The summed E-state index contributed by atoms with van der Waals surface area (Å²) in [5, 5.41) is 0. The Morgan fingerprint density at radius 1 is 1.22 bits per heavy atom. The van der Waals surface area contributed by atoms with Gasteiger partial charge in [-0.2, -0.15) is 0 Å². The van der Waals surface area contributed by atoms with Gasteiger partial charge in [0.2, 0.25) is 0 Å². The SMILES string of the molecule is O=S(O)P1CCCCC1. The van der Waals surface area contributed by atoms with Gasteiger partial charge in [-0.3, -0.25) is 0 Å². The van der Waals surface area contributed by atoms with E-state index in [-0.39, 0.29) is 0 Å². The molecule has 0 saturated carbocycles. The molecule has 1 saturated heterocycles. The molecule has 9 heavy (non-hydrogen) atoms. The molecule has 1 rings (SSSR count). The summed E-state index contributed by atoms with van der Waals surface area (Å²) in [4.78, 5) is 0. The van der Waals surface area contributed by atoms with Crippen molar-refractivity contribution in [2.75, 3.05) is 12.3 Å². The van der Waals surface area contributed by atoms with Crippen LogP contribution in [0.3, 0.4) is 0 Å². The summed E-state index contributed by atoms with van der Waals surface area (Å²) in [6.45, 7) is 0. The van der Waals surface area contributed by atoms with Gasteiger partial charge in [-0.05, 0) is 25.2 Å². The highest BCUT2D eigenvalue weighted by molar-refractivity contribution is 8.43. The molecule has 0 aromatic rings. The monoisotopic (exact) mass is 166 g/mol. The van der Waals surface area contributed by atoms with Crippen LogP contribution in [0.2, 0.25) is 0 Å². The molecule has 0 aliphatic carbocycles. The molecule has 0 amide bonds. The molecule has 2 nitrogen and oxygen atoms in total. The number of hydrogen-bond acceptors (Lipinski definition) is 1. The van der Waals surface area contributed by atoms with Gasteiger partial charge in [-0.15, -0.1) is 0 Å². The maximum absolute atomic E-state index is 10.5. The topological polar surface area (TPSA) is 37.3 Å². The van der Waals surface area contributed by atoms with E-state index < -0.39 is 17.8 Å². The van der Waals surface area contributed by atoms with E-state index in [9.17, 15) is 4.21 Å². The van der Waals surface area contributed by atoms with Crippen molar-refractivity contribution in [3.63, 3.8) is 0 Å². The second-order valence-corrected chi connectivity index (χ2v) is 7.03. The molecule has 1 unspecified atom stereocenters. The van der Waals surface area contributed by atoms with Crippen LogP contribution >= 0.6 is 7.12 Å². The van der Waals surface area contributed by atoms with Crippen LogP contribution in [0.1, 0.15) is 19.3 Å². The average molecular weight is 166 g/mol. The van der Waals surface area contributed by atoms with Crippen molar-refractivity contribution in [3.8, 4) is 0 Å². The Balaban J connectivity index is 2.31. The van der Waals surface area contributed by atoms with Gasteiger partial charge in [0.1, 0.15) is 0 Å². The van der Waals surface area contributed by atoms with Crippen LogP contribution in [0.4, 0.5) is 0 Å². The van der Waals surface area contributed by atoms with Gasteiger partial charge in [0.15, 0.2) is 10.7 Å². The highest BCUT2D eigenvalue weighted by Gasteiger charge is 2.17. The van der Waals surface area contributed by atoms with Crippen molar-refractivity contribution in [1.29, 1.82) is 0 Å². The predicted octanol–water partition coefficient (Wildman–Crippen LogP) is 1.79. The maximum atomic E-state index is 10.5. The lowest BCUT2D eigenvalue weighted by Crippen LogP contribution is -2.01. The summed E-state index contributed by atoms with van der Waals surface area (Å²) in [6.07, 6.45) is 5.61. The smallest absolute Gasteiger partial charge is 0.173 e. The van der Waals surface area contributed by atoms with E-state index in [1.54, 1.807) is 0 Å². The first kappa shape index (κ1) is 7.64. The summed E-state index contributed by atoms with van der Waals surface area (Å²) in [5.74, 6) is 0. The minimum atomic E-state index is -1.49. The Morgan fingerprint density at radius 3 is 2.11 bits per heavy atom. The van der Waals surface area contributed by atoms with Gasteiger partial charge in [0, 0.05) is 7.12 Å². The third-order valence-electron chi connectivity index (χ3n) is 1.54. The zero-order valence-corrected chi connectivity index (χ0v) is 6.96. The van der Waals surface area contributed by atoms with Crippen LogP contribution in [0.15, 0.2) is 0 Å². The molecule has 1 aliphatic rings. The Labute approximate surface area is 58.8 Å². The molecule has 1 N–H and O–H groups in total. The van der Waals surface area contributed by atoms with Gasteiger partial charge < -0.3 is 4.55 Å². The van der Waals surface area contributed by atoms with E-state index >= 15 is 0 Å². The van der Waals surface area contributed by atoms with E-state index in [2.05, 4.69) is 0 Å². The summed E-state index contributed by atoms with van der Waals surface area (Å²) < 4.78 is 19.2. The fourth-order valence-corrected chi connectivity index (χ4v) is 4.42. The van der Waals surface area contributed by atoms with Crippen molar-refractivity contribution in [2.24, 2.45) is 0 Å². The van der Waals surface area contributed by atoms with Crippen molar-refractivity contribution in [3.05, 3.63) is 0 Å². The van der Waals surface area contributed by atoms with Crippen LogP contribution in [0.5, 0.6) is 0 Å². The van der Waals surface area contributed by atoms with Crippen LogP contribution in [-0.4, -0.2) is 21.1 Å². The molecular weight excluding hydrogens is 155 g/mol. The molecule has 1 fully saturated rings. The highest BCUT2D eigenvalue weighted by Crippen LogP contribution is 2.43. The third kappa shape index (κ3) is 2.32. The lowest BCUT2D eigenvalue weighted by Gasteiger charge is -2.17. The first-order valence-corrected chi connectivity index (χ1v) is 6.59. The van der Waals surface area contributed by atoms with Crippen LogP contribution in [0, 0.1) is 0 Å². The fourth-order valence-electron chi connectivity index (χ4n) is 1.02. The van der Waals surface area contributed by atoms with Crippen molar-refractivity contribution in [1.82, 2.24) is 0 Å². The fraction of sp³-hybridized carbons (Fsp3) is 1.00. The van der Waals surface area contributed by atoms with Gasteiger partial charge in [-0.25, -0.2) is 4.21 Å². The summed E-state index contributed by atoms with van der Waals surface area (Å²) in [5.41, 5.74) is 0. The third-order valence-corrected chi connectivity index (χ3v) is 6.03. The van der Waals surface area contributed by atoms with Crippen molar-refractivity contribution >= 4 is 17.8 Å². The number of hydrogen-bond donors (Lipinski definition) is 1. The average Bonchev–Trinajstić information content (AvgIpc) is 1.90. The standard InChI is InChI=1S/C5H11O2PS/c6-9(7)8-4-2-1-3-5-8/h1-5H2,(H,6,7). The lowest BCUT2D eigenvalue weighted by atomic mass is 10.3. The van der Waals surface area contributed by atoms with E-state index in [1.165, 1.54) is 6.42 Å². The molecule has 0 aromatic carbocycles. The molecule has 1 atom stereocenters. The van der Waals surface area contributed by atoms with Crippen LogP contribution < -0.4 is 0 Å². The molecule has 0 spiro atoms. The Hall–Kier alpha value is 0.540. The van der Waals surface area contributed by atoms with Gasteiger partial charge >= 0.3 is 0 Å². The second kappa shape index (κ2) is 3.65. The minimum absolute atomic E-state index is 0.503. The van der Waals surface area contributed by atoms with Crippen LogP contribution in [-0.2, 0) is 10.7 Å². The van der Waals surface area contributed by atoms with E-state index in [4.69, 9.17) is 4.55 Å². The maximum Gasteiger partial charge on any atom is 0.173 e. The Kier molecular flexibility index (Phi) is 3.10. The van der Waals surface area contributed by atoms with E-state index in [1.807, 2.05) is 0 Å². The van der Waals surface area contributed by atoms with Gasteiger partial charge in [0.25, 0.3) is 0 Å². The molecular formula is C5H11O2PS.